The largest absolute Gasteiger partial charge is 0.463 e. The maximum absolute atomic E-state index is 12.5. The van der Waals surface area contributed by atoms with Crippen molar-refractivity contribution in [2.75, 3.05) is 173 Å². The molecule has 6 saturated heterocycles. The molecule has 678 valence electrons. The third-order valence-electron chi connectivity index (χ3n) is 25.7. The highest BCUT2D eigenvalue weighted by atomic mass is 16.5. The summed E-state index contributed by atoms with van der Waals surface area (Å²) in [4.78, 5) is 104. The average Bonchev–Trinajstić information content (AvgIpc) is 1.80. The fourth-order valence-corrected chi connectivity index (χ4v) is 18.7. The van der Waals surface area contributed by atoms with Gasteiger partial charge in [-0.2, -0.15) is 39.9 Å². The van der Waals surface area contributed by atoms with E-state index in [1.807, 2.05) is 19.6 Å². The van der Waals surface area contributed by atoms with Crippen molar-refractivity contribution < 1.29 is 42.9 Å². The second kappa shape index (κ2) is 44.8. The van der Waals surface area contributed by atoms with Crippen LogP contribution in [-0.2, 0) is 107 Å². The lowest BCUT2D eigenvalue weighted by Gasteiger charge is -2.30. The van der Waals surface area contributed by atoms with E-state index >= 15 is 0 Å². The molecule has 10 aliphatic heterocycles. The van der Waals surface area contributed by atoms with Gasteiger partial charge in [0.25, 0.3) is 0 Å². The molecule has 30 heteroatoms. The van der Waals surface area contributed by atoms with E-state index in [1.54, 1.807) is 0 Å². The number of ether oxygens (including phenoxy) is 5. The number of carbonyl (C=O) groups is 4. The van der Waals surface area contributed by atoms with Crippen molar-refractivity contribution in [3.63, 3.8) is 0 Å². The normalized spacial score (nSPS) is 18.6. The lowest BCUT2D eigenvalue weighted by molar-refractivity contribution is -0.118. The summed E-state index contributed by atoms with van der Waals surface area (Å²) in [6.45, 7) is 28.2. The Hall–Kier alpha value is -10.8. The Morgan fingerprint density at radius 1 is 0.394 bits per heavy atom. The molecule has 0 saturated carbocycles. The van der Waals surface area contributed by atoms with Crippen LogP contribution in [0.2, 0.25) is 0 Å². The third-order valence-corrected chi connectivity index (χ3v) is 25.7. The van der Waals surface area contributed by atoms with Gasteiger partial charge in [-0.3, -0.25) is 38.8 Å². The molecule has 1 atom stereocenters. The van der Waals surface area contributed by atoms with Gasteiger partial charge >= 0.3 is 18.0 Å². The van der Waals surface area contributed by atoms with Crippen LogP contribution in [0.3, 0.4) is 0 Å². The fraction of sp³-hybridized carbons (Fsp3) is 0.546. The lowest BCUT2D eigenvalue weighted by Crippen LogP contribution is -2.37. The number of aromatic nitrogens is 8. The van der Waals surface area contributed by atoms with E-state index in [0.29, 0.717) is 160 Å². The van der Waals surface area contributed by atoms with Crippen molar-refractivity contribution in [3.8, 4) is 18.0 Å². The second-order valence-corrected chi connectivity index (χ2v) is 35.9. The molecule has 6 fully saturated rings. The first-order valence-electron chi connectivity index (χ1n) is 46.7. The van der Waals surface area contributed by atoms with Gasteiger partial charge in [0, 0.05) is 127 Å². The molecule has 0 aliphatic carbocycles. The van der Waals surface area contributed by atoms with Crippen LogP contribution >= 0.6 is 0 Å². The van der Waals surface area contributed by atoms with Crippen LogP contribution in [0.5, 0.6) is 18.0 Å². The molecular formula is C97H131N21O9. The van der Waals surface area contributed by atoms with Crippen molar-refractivity contribution in [1.29, 1.82) is 0 Å². The van der Waals surface area contributed by atoms with E-state index in [4.69, 9.17) is 56.6 Å². The van der Waals surface area contributed by atoms with Gasteiger partial charge in [-0.1, -0.05) is 137 Å². The Kier molecular flexibility index (Phi) is 32.1. The zero-order valence-corrected chi connectivity index (χ0v) is 74.8. The van der Waals surface area contributed by atoms with Crippen LogP contribution in [0.15, 0.2) is 97.1 Å². The quantitative estimate of drug-likeness (QED) is 0.0252. The Balaban J connectivity index is 0.000000131. The van der Waals surface area contributed by atoms with E-state index in [0.717, 1.165) is 132 Å². The number of benzene rings is 4. The molecule has 0 bridgehead atoms. The zero-order valence-electron chi connectivity index (χ0n) is 74.8. The van der Waals surface area contributed by atoms with Gasteiger partial charge in [-0.15, -0.1) is 0 Å². The van der Waals surface area contributed by atoms with Crippen molar-refractivity contribution >= 4 is 75.6 Å². The number of ketones is 4. The molecule has 30 nitrogen and oxygen atoms in total. The van der Waals surface area contributed by atoms with Crippen molar-refractivity contribution in [1.82, 2.24) is 59.5 Å². The van der Waals surface area contributed by atoms with Gasteiger partial charge in [0.05, 0.1) is 45.5 Å². The minimum absolute atomic E-state index is 0.0758. The first kappa shape index (κ1) is 91.0. The zero-order chi connectivity index (χ0) is 88.0. The van der Waals surface area contributed by atoms with Gasteiger partial charge in [-0.05, 0) is 192 Å². The number of hydrogen-bond donors (Lipinski definition) is 5. The number of Topliss-reactive ketones (excluding diaryl/α,β-unsaturated/α-hetero) is 4. The Labute approximate surface area is 748 Å². The van der Waals surface area contributed by atoms with E-state index in [9.17, 15) is 19.2 Å². The van der Waals surface area contributed by atoms with Gasteiger partial charge in [0.15, 0.2) is 23.1 Å². The van der Waals surface area contributed by atoms with Gasteiger partial charge in [-0.25, -0.2) is 0 Å². The van der Waals surface area contributed by atoms with Crippen LogP contribution in [0.1, 0.15) is 190 Å². The summed E-state index contributed by atoms with van der Waals surface area (Å²) in [5, 5.41) is 3.26. The molecule has 8 aromatic rings. The van der Waals surface area contributed by atoms with Crippen molar-refractivity contribution in [2.24, 2.45) is 11.8 Å². The van der Waals surface area contributed by atoms with E-state index < -0.39 is 0 Å². The number of nitrogens with two attached hydrogens (primary N) is 4. The summed E-state index contributed by atoms with van der Waals surface area (Å²) in [5.74, 6) is 6.30. The number of fused-ring (bicyclic) bond motifs is 4. The summed E-state index contributed by atoms with van der Waals surface area (Å²) < 4.78 is 28.7. The van der Waals surface area contributed by atoms with Crippen LogP contribution in [0.25, 0.3) is 0 Å². The number of likely N-dealkylation sites (tertiary alicyclic amines) is 4. The van der Waals surface area contributed by atoms with Crippen LogP contribution in [-0.4, -0.2) is 213 Å². The highest BCUT2D eigenvalue weighted by Crippen LogP contribution is 2.37. The number of carbonyl (C=O) groups excluding carboxylic acids is 4. The fourth-order valence-electron chi connectivity index (χ4n) is 18.7. The molecule has 10 aliphatic rings. The van der Waals surface area contributed by atoms with Crippen molar-refractivity contribution in [3.05, 3.63) is 164 Å². The van der Waals surface area contributed by atoms with Gasteiger partial charge in [0.1, 0.15) is 53.1 Å². The SMILES string of the molecule is CCC(CC)COc1nc(N)c2c(n1)N(Cc1cccc(CN3CCCC3)c1)CC(=O)C2.CCCCNc1nc(N)c2c(n1)N(Cc1cccc(CN3CCCC3)c1)CC(=O)C2.Nc1nc(OCC2CCCO2)nc2c1CC(=O)CN2Cc1cccc(CN2CCCC2)c1.Nc1nc(OCC2CCOCC2)nc2c1CC(=O)CN2Cc1cccc(CN2CCCC2)c1. The van der Waals surface area contributed by atoms with Crippen LogP contribution in [0, 0.1) is 11.8 Å². The summed E-state index contributed by atoms with van der Waals surface area (Å²) in [7, 11) is 0. The number of nitrogens with one attached hydrogen (secondary N) is 1. The Bertz CT molecular complexity index is 4880. The van der Waals surface area contributed by atoms with E-state index in [-0.39, 0.29) is 54.5 Å². The molecule has 0 radical (unpaired) electrons. The minimum atomic E-state index is 0.0758. The predicted molar refractivity (Wildman–Crippen MR) is 495 cm³/mol. The summed E-state index contributed by atoms with van der Waals surface area (Å²) in [6, 6.07) is 35.4. The van der Waals surface area contributed by atoms with Crippen LogP contribution in [0.4, 0.5) is 52.5 Å². The molecule has 1 unspecified atom stereocenters. The maximum atomic E-state index is 12.5. The first-order valence-corrected chi connectivity index (χ1v) is 46.7. The number of nitrogen functional groups attached to an aromatic ring is 4. The number of anilines is 9. The molecule has 9 N–H and O–H groups in total. The molecule has 14 heterocycles. The van der Waals surface area contributed by atoms with Gasteiger partial charge < -0.3 is 71.5 Å². The van der Waals surface area contributed by atoms with Crippen LogP contribution < -0.4 is 62.1 Å². The maximum Gasteiger partial charge on any atom is 0.320 e. The summed E-state index contributed by atoms with van der Waals surface area (Å²) >= 11 is 0. The molecule has 4 aromatic carbocycles. The van der Waals surface area contributed by atoms with Crippen molar-refractivity contribution in [2.45, 2.75) is 208 Å². The molecular weight excluding hydrogens is 1600 g/mol. The van der Waals surface area contributed by atoms with Gasteiger partial charge in [0.2, 0.25) is 5.95 Å². The Morgan fingerprint density at radius 3 is 1.06 bits per heavy atom. The first-order chi connectivity index (χ1) is 61.9. The van der Waals surface area contributed by atoms with E-state index in [2.05, 4.69) is 173 Å². The average molecular weight is 1740 g/mol. The smallest absolute Gasteiger partial charge is 0.320 e. The monoisotopic (exact) mass is 1730 g/mol. The Morgan fingerprint density at radius 2 is 0.724 bits per heavy atom. The number of unbranched alkanes of at least 4 members (excludes halogenated alkanes) is 1. The minimum Gasteiger partial charge on any atom is -0.463 e. The standard InChI is InChI=1S/C25H33N5O3.C25H35N5O2.C24H31N5O3.C23H32N6O/c26-23-22-13-21(31)16-30(15-20-5-3-4-19(12-20)14-29-8-1-2-9-29)24(22)28-25(27-23)33-17-18-6-10-32-11-7-18;1-3-18(4-2)17-32-25-27-23(26)22-13-21(31)16-30(24(22)28-25)15-20-9-7-8-19(12-20)14-29-10-5-6-11-29;25-22-21-12-19(30)15-29(23(21)27-24(26-22)32-16-20-7-4-10-31-20)14-18-6-3-5-17(11-18)13-28-8-1-2-9-28;1-2-3-9-25-23-26-21(24)20-13-19(30)16-29(22(20)27-23)15-18-8-6-7-17(12-18)14-28-10-4-5-11-28/h3-5,12,18H,1-2,6-11,13-17H2,(H2,26,27,28);7-9,12,18H,3-6,10-11,13-17H2,1-2H3,(H2,26,27,28);3,5-6,11,20H,1-2,4,7-10,12-16H2,(H2,25,26,27);6-8,12H,2-5,9-11,13-16H2,1H3,(H3,24,25,26,27). The predicted octanol–water partition coefficient (Wildman–Crippen LogP) is 11.5. The highest BCUT2D eigenvalue weighted by Gasteiger charge is 2.34. The topological polar surface area (TPSA) is 360 Å². The number of hydrogen-bond acceptors (Lipinski definition) is 30. The highest BCUT2D eigenvalue weighted by molar-refractivity contribution is 5.93. The molecule has 0 amide bonds. The number of nitrogens with zero attached hydrogens (tertiary/aromatic N) is 16. The third kappa shape index (κ3) is 25.6. The molecule has 0 spiro atoms. The second-order valence-electron chi connectivity index (χ2n) is 35.9. The lowest BCUT2D eigenvalue weighted by atomic mass is 10.0. The van der Waals surface area contributed by atoms with E-state index in [1.165, 1.54) is 137 Å². The summed E-state index contributed by atoms with van der Waals surface area (Å²) in [5.41, 5.74) is 37.7. The summed E-state index contributed by atoms with van der Waals surface area (Å²) in [6.07, 6.45) is 19.7. The molecule has 127 heavy (non-hydrogen) atoms. The number of rotatable bonds is 31. The molecule has 18 rings (SSSR count). The molecule has 4 aromatic heterocycles.